The summed E-state index contributed by atoms with van der Waals surface area (Å²) in [6, 6.07) is 6.55. The lowest BCUT2D eigenvalue weighted by molar-refractivity contribution is 0.378. The topological polar surface area (TPSA) is 35.8 Å². The Kier molecular flexibility index (Phi) is 3.52. The predicted octanol–water partition coefficient (Wildman–Crippen LogP) is 3.22. The average Bonchev–Trinajstić information content (AvgIpc) is 3.27. The van der Waals surface area contributed by atoms with Crippen LogP contribution in [0, 0.1) is 34.9 Å². The number of benzene rings is 1. The van der Waals surface area contributed by atoms with Gasteiger partial charge in [-0.1, -0.05) is 0 Å². The molecule has 0 bridgehead atoms. The third kappa shape index (κ3) is 3.33. The molecule has 2 aliphatic rings. The Hall–Kier alpha value is -1.40. The molecule has 0 aliphatic heterocycles. The van der Waals surface area contributed by atoms with E-state index < -0.39 is 0 Å². The number of nitrogens with zero attached hydrogens (tertiary/aromatic N) is 1. The van der Waals surface area contributed by atoms with Gasteiger partial charge in [-0.15, -0.1) is 0 Å². The van der Waals surface area contributed by atoms with Gasteiger partial charge in [0, 0.05) is 6.54 Å². The van der Waals surface area contributed by atoms with Crippen molar-refractivity contribution in [3.05, 3.63) is 35.1 Å². The maximum atomic E-state index is 13.3. The lowest BCUT2D eigenvalue weighted by Crippen LogP contribution is -2.25. The summed E-state index contributed by atoms with van der Waals surface area (Å²) in [6.07, 6.45) is 5.56. The van der Waals surface area contributed by atoms with Crippen molar-refractivity contribution in [3.8, 4) is 6.07 Å². The van der Waals surface area contributed by atoms with Gasteiger partial charge < -0.3 is 5.32 Å². The highest BCUT2D eigenvalue weighted by Crippen LogP contribution is 2.48. The van der Waals surface area contributed by atoms with Gasteiger partial charge in [0.25, 0.3) is 0 Å². The van der Waals surface area contributed by atoms with Crippen LogP contribution >= 0.6 is 0 Å². The Morgan fingerprint density at radius 1 is 1.21 bits per heavy atom. The van der Waals surface area contributed by atoms with E-state index in [1.807, 2.05) is 6.07 Å². The van der Waals surface area contributed by atoms with Crippen LogP contribution in [0.1, 0.15) is 36.8 Å². The first kappa shape index (κ1) is 12.6. The van der Waals surface area contributed by atoms with Gasteiger partial charge in [0.1, 0.15) is 5.82 Å². The number of halogens is 1. The van der Waals surface area contributed by atoms with Crippen LogP contribution < -0.4 is 5.32 Å². The summed E-state index contributed by atoms with van der Waals surface area (Å²) in [5.41, 5.74) is 1.26. The lowest BCUT2D eigenvalue weighted by Gasteiger charge is -2.16. The van der Waals surface area contributed by atoms with E-state index in [0.29, 0.717) is 12.1 Å². The monoisotopic (exact) mass is 258 g/mol. The van der Waals surface area contributed by atoms with Crippen LogP contribution in [0.25, 0.3) is 0 Å². The maximum Gasteiger partial charge on any atom is 0.124 e. The summed E-state index contributed by atoms with van der Waals surface area (Å²) in [5, 5.41) is 12.3. The first-order valence-electron chi connectivity index (χ1n) is 7.16. The fourth-order valence-corrected chi connectivity index (χ4v) is 2.97. The molecule has 0 heterocycles. The van der Waals surface area contributed by atoms with Gasteiger partial charge in [0.2, 0.25) is 0 Å². The Bertz CT molecular complexity index is 486. The van der Waals surface area contributed by atoms with Gasteiger partial charge in [0.05, 0.1) is 11.6 Å². The summed E-state index contributed by atoms with van der Waals surface area (Å²) in [5.74, 6) is 2.37. The average molecular weight is 258 g/mol. The fraction of sp³-hybridized carbons (Fsp3) is 0.562. The van der Waals surface area contributed by atoms with Gasteiger partial charge >= 0.3 is 0 Å². The molecule has 1 aromatic rings. The third-order valence-electron chi connectivity index (χ3n) is 4.25. The molecule has 0 amide bonds. The van der Waals surface area contributed by atoms with Crippen LogP contribution in [0.2, 0.25) is 0 Å². The van der Waals surface area contributed by atoms with E-state index in [2.05, 4.69) is 5.32 Å². The van der Waals surface area contributed by atoms with E-state index >= 15 is 0 Å². The van der Waals surface area contributed by atoms with E-state index in [1.165, 1.54) is 37.8 Å². The number of rotatable bonds is 6. The number of hydrogen-bond acceptors (Lipinski definition) is 2. The molecule has 2 saturated carbocycles. The molecule has 2 nitrogen and oxygen atoms in total. The molecular formula is C16H19FN2. The highest BCUT2D eigenvalue weighted by molar-refractivity contribution is 5.33. The molecule has 0 spiro atoms. The van der Waals surface area contributed by atoms with Crippen molar-refractivity contribution in [2.45, 2.75) is 32.2 Å². The fourth-order valence-electron chi connectivity index (χ4n) is 2.97. The van der Waals surface area contributed by atoms with Gasteiger partial charge in [0.15, 0.2) is 0 Å². The van der Waals surface area contributed by atoms with Crippen molar-refractivity contribution < 1.29 is 4.39 Å². The zero-order valence-electron chi connectivity index (χ0n) is 11.0. The van der Waals surface area contributed by atoms with Crippen molar-refractivity contribution in [1.29, 1.82) is 5.26 Å². The first-order valence-corrected chi connectivity index (χ1v) is 7.16. The van der Waals surface area contributed by atoms with Crippen LogP contribution in [0.3, 0.4) is 0 Å². The van der Waals surface area contributed by atoms with E-state index in [9.17, 15) is 4.39 Å². The minimum Gasteiger partial charge on any atom is -0.312 e. The second-order valence-electron chi connectivity index (χ2n) is 5.93. The molecule has 3 rings (SSSR count). The van der Waals surface area contributed by atoms with E-state index in [4.69, 9.17) is 5.26 Å². The highest BCUT2D eigenvalue weighted by Gasteiger charge is 2.40. The van der Waals surface area contributed by atoms with E-state index in [0.717, 1.165) is 29.9 Å². The first-order chi connectivity index (χ1) is 9.26. The van der Waals surface area contributed by atoms with E-state index in [1.54, 1.807) is 6.07 Å². The third-order valence-corrected chi connectivity index (χ3v) is 4.25. The molecule has 0 atom stereocenters. The minimum atomic E-state index is -0.322. The molecule has 3 heteroatoms. The molecule has 0 unspecified atom stereocenters. The van der Waals surface area contributed by atoms with Gasteiger partial charge in [-0.05, 0) is 73.7 Å². The molecule has 1 aromatic carbocycles. The Morgan fingerprint density at radius 3 is 2.47 bits per heavy atom. The van der Waals surface area contributed by atoms with Crippen LogP contribution in [0.15, 0.2) is 18.2 Å². The van der Waals surface area contributed by atoms with Gasteiger partial charge in [-0.3, -0.25) is 0 Å². The van der Waals surface area contributed by atoms with Crippen LogP contribution in [-0.2, 0) is 6.54 Å². The molecule has 100 valence electrons. The maximum absolute atomic E-state index is 13.3. The Morgan fingerprint density at radius 2 is 1.89 bits per heavy atom. The number of hydrogen-bond donors (Lipinski definition) is 1. The standard InChI is InChI=1S/C16H19FN2/c17-15-6-11(8-18)5-12(7-15)9-19-10-16(13-1-2-13)14-3-4-14/h5-7,13-14,16,19H,1-4,9-10H2. The lowest BCUT2D eigenvalue weighted by atomic mass is 9.98. The summed E-state index contributed by atoms with van der Waals surface area (Å²) >= 11 is 0. The normalized spacial score (nSPS) is 18.6. The second-order valence-corrected chi connectivity index (χ2v) is 5.93. The van der Waals surface area contributed by atoms with Gasteiger partial charge in [-0.2, -0.15) is 5.26 Å². The van der Waals surface area contributed by atoms with Crippen molar-refractivity contribution in [3.63, 3.8) is 0 Å². The molecule has 2 fully saturated rings. The highest BCUT2D eigenvalue weighted by atomic mass is 19.1. The van der Waals surface area contributed by atoms with E-state index in [-0.39, 0.29) is 5.82 Å². The largest absolute Gasteiger partial charge is 0.312 e. The zero-order chi connectivity index (χ0) is 13.2. The molecule has 1 N–H and O–H groups in total. The summed E-state index contributed by atoms with van der Waals surface area (Å²) in [6.45, 7) is 1.69. The second kappa shape index (κ2) is 5.30. The summed E-state index contributed by atoms with van der Waals surface area (Å²) in [4.78, 5) is 0. The zero-order valence-corrected chi connectivity index (χ0v) is 11.0. The van der Waals surface area contributed by atoms with Crippen molar-refractivity contribution in [2.24, 2.45) is 17.8 Å². The smallest absolute Gasteiger partial charge is 0.124 e. The van der Waals surface area contributed by atoms with Crippen molar-refractivity contribution in [2.75, 3.05) is 6.54 Å². The number of nitrogens with one attached hydrogen (secondary N) is 1. The molecule has 0 aromatic heterocycles. The van der Waals surface area contributed by atoms with Crippen LogP contribution in [0.4, 0.5) is 4.39 Å². The predicted molar refractivity (Wildman–Crippen MR) is 71.8 cm³/mol. The summed E-state index contributed by atoms with van der Waals surface area (Å²) < 4.78 is 13.3. The van der Waals surface area contributed by atoms with Crippen LogP contribution in [-0.4, -0.2) is 6.54 Å². The van der Waals surface area contributed by atoms with Crippen LogP contribution in [0.5, 0.6) is 0 Å². The van der Waals surface area contributed by atoms with Gasteiger partial charge in [-0.25, -0.2) is 4.39 Å². The quantitative estimate of drug-likeness (QED) is 0.850. The summed E-state index contributed by atoms with van der Waals surface area (Å²) in [7, 11) is 0. The van der Waals surface area contributed by atoms with Crippen molar-refractivity contribution in [1.82, 2.24) is 5.32 Å². The Balaban J connectivity index is 1.54. The van der Waals surface area contributed by atoms with Crippen molar-refractivity contribution >= 4 is 0 Å². The SMILES string of the molecule is N#Cc1cc(F)cc(CNCC(C2CC2)C2CC2)c1. The molecule has 0 radical (unpaired) electrons. The molecule has 19 heavy (non-hydrogen) atoms. The molecule has 0 saturated heterocycles. The number of nitriles is 1. The Labute approximate surface area is 113 Å². The molecule has 2 aliphatic carbocycles. The molecular weight excluding hydrogens is 239 g/mol. The minimum absolute atomic E-state index is 0.322.